The van der Waals surface area contributed by atoms with Crippen LogP contribution in [-0.4, -0.2) is 50.5 Å². The Bertz CT molecular complexity index is 533. The maximum absolute atomic E-state index is 12.1. The van der Waals surface area contributed by atoms with Gasteiger partial charge in [0.25, 0.3) is 0 Å². The normalized spacial score (nSPS) is 19.4. The summed E-state index contributed by atoms with van der Waals surface area (Å²) < 4.78 is 6.99. The number of rotatable bonds is 2. The molecule has 0 spiro atoms. The molecule has 1 atom stereocenters. The number of amides is 1. The number of hydrogen-bond acceptors (Lipinski definition) is 4. The van der Waals surface area contributed by atoms with Gasteiger partial charge in [-0.3, -0.25) is 4.68 Å². The number of aromatic nitrogens is 2. The van der Waals surface area contributed by atoms with Gasteiger partial charge in [0.05, 0.1) is 6.04 Å². The van der Waals surface area contributed by atoms with E-state index in [1.54, 1.807) is 15.8 Å². The molecule has 2 heterocycles. The first-order valence-corrected chi connectivity index (χ1v) is 7.02. The minimum atomic E-state index is -1.05. The third-order valence-corrected chi connectivity index (χ3v) is 3.25. The van der Waals surface area contributed by atoms with Gasteiger partial charge in [0.15, 0.2) is 5.69 Å². The van der Waals surface area contributed by atoms with Gasteiger partial charge in [-0.25, -0.2) is 9.59 Å². The van der Waals surface area contributed by atoms with Crippen molar-refractivity contribution < 1.29 is 19.4 Å². The average molecular weight is 295 g/mol. The van der Waals surface area contributed by atoms with E-state index in [1.165, 1.54) is 6.07 Å². The number of aromatic carboxylic acids is 1. The Hall–Kier alpha value is -2.05. The van der Waals surface area contributed by atoms with Crippen LogP contribution in [0.3, 0.4) is 0 Å². The van der Waals surface area contributed by atoms with Crippen LogP contribution in [0.15, 0.2) is 12.3 Å². The first kappa shape index (κ1) is 15.3. The van der Waals surface area contributed by atoms with Gasteiger partial charge in [-0.05, 0) is 39.7 Å². The van der Waals surface area contributed by atoms with Crippen LogP contribution >= 0.6 is 0 Å². The molecular weight excluding hydrogens is 274 g/mol. The molecule has 1 aliphatic rings. The highest BCUT2D eigenvalue weighted by Gasteiger charge is 2.29. The van der Waals surface area contributed by atoms with Crippen molar-refractivity contribution in [2.45, 2.75) is 45.3 Å². The summed E-state index contributed by atoms with van der Waals surface area (Å²) in [5.41, 5.74) is -0.504. The lowest BCUT2D eigenvalue weighted by Crippen LogP contribution is -2.43. The van der Waals surface area contributed by atoms with E-state index in [9.17, 15) is 9.59 Å². The second kappa shape index (κ2) is 5.75. The number of hydrogen-bond donors (Lipinski definition) is 1. The molecule has 116 valence electrons. The van der Waals surface area contributed by atoms with Crippen molar-refractivity contribution in [1.29, 1.82) is 0 Å². The smallest absolute Gasteiger partial charge is 0.410 e. The van der Waals surface area contributed by atoms with Crippen LogP contribution < -0.4 is 0 Å². The van der Waals surface area contributed by atoms with Crippen LogP contribution in [0.25, 0.3) is 0 Å². The molecule has 1 aliphatic heterocycles. The molecular formula is C14H21N3O4. The fraction of sp³-hybridized carbons (Fsp3) is 0.643. The zero-order chi connectivity index (χ0) is 15.6. The van der Waals surface area contributed by atoms with Crippen LogP contribution in [0.2, 0.25) is 0 Å². The monoisotopic (exact) mass is 295 g/mol. The van der Waals surface area contributed by atoms with E-state index in [4.69, 9.17) is 9.84 Å². The fourth-order valence-corrected chi connectivity index (χ4v) is 2.32. The molecule has 1 unspecified atom stereocenters. The third kappa shape index (κ3) is 3.96. The maximum Gasteiger partial charge on any atom is 0.410 e. The van der Waals surface area contributed by atoms with E-state index in [2.05, 4.69) is 5.10 Å². The fourth-order valence-electron chi connectivity index (χ4n) is 2.32. The molecule has 1 saturated heterocycles. The van der Waals surface area contributed by atoms with Crippen molar-refractivity contribution in [3.63, 3.8) is 0 Å². The lowest BCUT2D eigenvalue weighted by atomic mass is 10.1. The molecule has 1 aromatic heterocycles. The van der Waals surface area contributed by atoms with E-state index in [-0.39, 0.29) is 17.8 Å². The van der Waals surface area contributed by atoms with E-state index in [1.807, 2.05) is 20.8 Å². The highest BCUT2D eigenvalue weighted by Crippen LogP contribution is 2.22. The highest BCUT2D eigenvalue weighted by atomic mass is 16.6. The van der Waals surface area contributed by atoms with Gasteiger partial charge in [-0.1, -0.05) is 0 Å². The van der Waals surface area contributed by atoms with E-state index in [0.717, 1.165) is 12.8 Å². The van der Waals surface area contributed by atoms with Crippen molar-refractivity contribution in [2.75, 3.05) is 13.1 Å². The molecule has 0 aliphatic carbocycles. The van der Waals surface area contributed by atoms with Crippen molar-refractivity contribution in [3.8, 4) is 0 Å². The Balaban J connectivity index is 2.03. The van der Waals surface area contributed by atoms with E-state index >= 15 is 0 Å². The molecule has 1 aromatic rings. The van der Waals surface area contributed by atoms with Crippen LogP contribution in [0, 0.1) is 0 Å². The molecule has 7 nitrogen and oxygen atoms in total. The summed E-state index contributed by atoms with van der Waals surface area (Å²) in [7, 11) is 0. The summed E-state index contributed by atoms with van der Waals surface area (Å²) in [5.74, 6) is -1.05. The van der Waals surface area contributed by atoms with Crippen LogP contribution in [0.4, 0.5) is 4.79 Å². The number of piperidine rings is 1. The quantitative estimate of drug-likeness (QED) is 0.903. The van der Waals surface area contributed by atoms with Crippen molar-refractivity contribution in [2.24, 2.45) is 0 Å². The SMILES string of the molecule is CC(C)(C)OC(=O)N1CCCC(n2ccc(C(=O)O)n2)C1. The van der Waals surface area contributed by atoms with Gasteiger partial charge in [0, 0.05) is 19.3 Å². The Kier molecular flexibility index (Phi) is 4.20. The summed E-state index contributed by atoms with van der Waals surface area (Å²) in [6.07, 6.45) is 3.01. The largest absolute Gasteiger partial charge is 0.476 e. The van der Waals surface area contributed by atoms with Crippen LogP contribution in [-0.2, 0) is 4.74 Å². The molecule has 1 N–H and O–H groups in total. The van der Waals surface area contributed by atoms with Gasteiger partial charge in [-0.15, -0.1) is 0 Å². The Labute approximate surface area is 123 Å². The zero-order valence-corrected chi connectivity index (χ0v) is 12.6. The minimum Gasteiger partial charge on any atom is -0.476 e. The molecule has 7 heteroatoms. The van der Waals surface area contributed by atoms with Gasteiger partial charge in [-0.2, -0.15) is 5.10 Å². The predicted octanol–water partition coefficient (Wildman–Crippen LogP) is 2.15. The van der Waals surface area contributed by atoms with Crippen LogP contribution in [0.1, 0.15) is 50.1 Å². The van der Waals surface area contributed by atoms with E-state index < -0.39 is 11.6 Å². The number of carbonyl (C=O) groups excluding carboxylic acids is 1. The van der Waals surface area contributed by atoms with Crippen molar-refractivity contribution >= 4 is 12.1 Å². The molecule has 0 radical (unpaired) electrons. The molecule has 0 bridgehead atoms. The summed E-state index contributed by atoms with van der Waals surface area (Å²) in [6.45, 7) is 6.63. The lowest BCUT2D eigenvalue weighted by Gasteiger charge is -2.34. The molecule has 1 amide bonds. The summed E-state index contributed by atoms with van der Waals surface area (Å²) in [6, 6.07) is 1.45. The molecule has 21 heavy (non-hydrogen) atoms. The minimum absolute atomic E-state index is 0.0145. The summed E-state index contributed by atoms with van der Waals surface area (Å²) in [4.78, 5) is 24.6. The second-order valence-corrected chi connectivity index (χ2v) is 6.21. The number of carboxylic acids is 1. The van der Waals surface area contributed by atoms with Gasteiger partial charge in [0.2, 0.25) is 0 Å². The lowest BCUT2D eigenvalue weighted by molar-refractivity contribution is 0.0166. The number of ether oxygens (including phenoxy) is 1. The maximum atomic E-state index is 12.1. The van der Waals surface area contributed by atoms with Gasteiger partial charge < -0.3 is 14.7 Å². The van der Waals surface area contributed by atoms with Crippen molar-refractivity contribution in [3.05, 3.63) is 18.0 Å². The zero-order valence-electron chi connectivity index (χ0n) is 12.6. The number of carboxylic acid groups (broad SMARTS) is 1. The van der Waals surface area contributed by atoms with Gasteiger partial charge in [0.1, 0.15) is 5.60 Å². The van der Waals surface area contributed by atoms with Gasteiger partial charge >= 0.3 is 12.1 Å². The molecule has 2 rings (SSSR count). The Morgan fingerprint density at radius 3 is 2.71 bits per heavy atom. The summed E-state index contributed by atoms with van der Waals surface area (Å²) >= 11 is 0. The second-order valence-electron chi connectivity index (χ2n) is 6.21. The standard InChI is InChI=1S/C14H21N3O4/c1-14(2,3)21-13(20)16-7-4-5-10(9-16)17-8-6-11(15-17)12(18)19/h6,8,10H,4-5,7,9H2,1-3H3,(H,18,19). The number of nitrogens with zero attached hydrogens (tertiary/aromatic N) is 3. The Morgan fingerprint density at radius 1 is 1.43 bits per heavy atom. The van der Waals surface area contributed by atoms with E-state index in [0.29, 0.717) is 13.1 Å². The molecule has 0 saturated carbocycles. The first-order chi connectivity index (χ1) is 9.76. The number of likely N-dealkylation sites (tertiary alicyclic amines) is 1. The topological polar surface area (TPSA) is 84.7 Å². The highest BCUT2D eigenvalue weighted by molar-refractivity contribution is 5.85. The first-order valence-electron chi connectivity index (χ1n) is 7.02. The summed E-state index contributed by atoms with van der Waals surface area (Å²) in [5, 5.41) is 12.9. The molecule has 0 aromatic carbocycles. The average Bonchev–Trinajstić information content (AvgIpc) is 2.86. The molecule has 1 fully saturated rings. The third-order valence-electron chi connectivity index (χ3n) is 3.25. The predicted molar refractivity (Wildman–Crippen MR) is 75.3 cm³/mol. The van der Waals surface area contributed by atoms with Crippen molar-refractivity contribution in [1.82, 2.24) is 14.7 Å². The van der Waals surface area contributed by atoms with Crippen LogP contribution in [0.5, 0.6) is 0 Å². The number of carbonyl (C=O) groups is 2. The Morgan fingerprint density at radius 2 is 2.14 bits per heavy atom.